The summed E-state index contributed by atoms with van der Waals surface area (Å²) in [6, 6.07) is 7.86. The number of amides is 2. The van der Waals surface area contributed by atoms with Crippen LogP contribution < -0.4 is 9.80 Å². The molecular weight excluding hydrogens is 264 g/mol. The van der Waals surface area contributed by atoms with Crippen LogP contribution in [0.2, 0.25) is 0 Å². The van der Waals surface area contributed by atoms with Gasteiger partial charge in [0.15, 0.2) is 0 Å². The first-order chi connectivity index (χ1) is 9.71. The van der Waals surface area contributed by atoms with Crippen LogP contribution in [0.25, 0.3) is 0 Å². The third-order valence-corrected chi connectivity index (χ3v) is 4.20. The monoisotopic (exact) mass is 288 g/mol. The second-order valence-electron chi connectivity index (χ2n) is 6.78. The fourth-order valence-electron chi connectivity index (χ4n) is 2.85. The zero-order valence-corrected chi connectivity index (χ0v) is 13.5. The number of anilines is 2. The maximum absolute atomic E-state index is 12.2. The van der Waals surface area contributed by atoms with Crippen molar-refractivity contribution < 1.29 is 9.59 Å². The van der Waals surface area contributed by atoms with E-state index in [1.165, 1.54) is 6.92 Å². The minimum absolute atomic E-state index is 0.00688. The summed E-state index contributed by atoms with van der Waals surface area (Å²) in [7, 11) is 1.75. The second-order valence-corrected chi connectivity index (χ2v) is 6.78. The van der Waals surface area contributed by atoms with Gasteiger partial charge >= 0.3 is 0 Å². The predicted octanol–water partition coefficient (Wildman–Crippen LogP) is 3.21. The Bertz CT molecular complexity index is 543. The van der Waals surface area contributed by atoms with Crippen molar-refractivity contribution in [2.45, 2.75) is 46.6 Å². The first-order valence-electron chi connectivity index (χ1n) is 7.38. The zero-order chi connectivity index (χ0) is 15.8. The van der Waals surface area contributed by atoms with Gasteiger partial charge in [0.2, 0.25) is 11.8 Å². The van der Waals surface area contributed by atoms with Crippen LogP contribution in [0.1, 0.15) is 40.5 Å². The van der Waals surface area contributed by atoms with Crippen molar-refractivity contribution in [2.24, 2.45) is 5.41 Å². The highest BCUT2D eigenvalue weighted by molar-refractivity contribution is 5.97. The summed E-state index contributed by atoms with van der Waals surface area (Å²) in [6.45, 7) is 8.04. The molecule has 2 amide bonds. The van der Waals surface area contributed by atoms with Crippen molar-refractivity contribution in [2.75, 3.05) is 16.8 Å². The second kappa shape index (κ2) is 5.51. The molecule has 1 aromatic carbocycles. The van der Waals surface area contributed by atoms with Gasteiger partial charge in [0.25, 0.3) is 0 Å². The molecule has 114 valence electrons. The molecule has 21 heavy (non-hydrogen) atoms. The van der Waals surface area contributed by atoms with Gasteiger partial charge in [-0.05, 0) is 36.1 Å². The summed E-state index contributed by atoms with van der Waals surface area (Å²) in [5, 5.41) is 0. The van der Waals surface area contributed by atoms with Crippen LogP contribution in [-0.4, -0.2) is 24.9 Å². The maximum atomic E-state index is 12.2. The number of benzene rings is 1. The Morgan fingerprint density at radius 1 is 1.24 bits per heavy atom. The molecule has 0 spiro atoms. The van der Waals surface area contributed by atoms with Crippen LogP contribution in [0.4, 0.5) is 11.4 Å². The average Bonchev–Trinajstić information content (AvgIpc) is 2.80. The molecule has 1 aliphatic heterocycles. The zero-order valence-electron chi connectivity index (χ0n) is 13.5. The van der Waals surface area contributed by atoms with Gasteiger partial charge < -0.3 is 9.80 Å². The molecule has 1 aliphatic rings. The van der Waals surface area contributed by atoms with Gasteiger partial charge in [-0.15, -0.1) is 0 Å². The van der Waals surface area contributed by atoms with Crippen molar-refractivity contribution >= 4 is 23.2 Å². The molecule has 0 aromatic heterocycles. The molecule has 1 heterocycles. The molecule has 1 fully saturated rings. The molecule has 0 N–H and O–H groups in total. The number of carbonyl (C=O) groups is 2. The molecule has 2 rings (SSSR count). The number of nitrogens with zero attached hydrogens (tertiary/aromatic N) is 2. The molecule has 0 bridgehead atoms. The highest BCUT2D eigenvalue weighted by Gasteiger charge is 2.39. The van der Waals surface area contributed by atoms with E-state index in [1.807, 2.05) is 29.2 Å². The Kier molecular flexibility index (Phi) is 4.08. The van der Waals surface area contributed by atoms with Gasteiger partial charge in [0.05, 0.1) is 0 Å². The number of carbonyl (C=O) groups excluding carboxylic acids is 2. The van der Waals surface area contributed by atoms with Crippen molar-refractivity contribution in [3.8, 4) is 0 Å². The largest absolute Gasteiger partial charge is 0.316 e. The molecular formula is C17H24N2O2. The van der Waals surface area contributed by atoms with E-state index in [4.69, 9.17) is 0 Å². The van der Waals surface area contributed by atoms with Crippen LogP contribution >= 0.6 is 0 Å². The molecule has 0 saturated carbocycles. The van der Waals surface area contributed by atoms with E-state index >= 15 is 0 Å². The van der Waals surface area contributed by atoms with Gasteiger partial charge in [-0.2, -0.15) is 0 Å². The minimum atomic E-state index is -0.00688. The van der Waals surface area contributed by atoms with Crippen LogP contribution in [0, 0.1) is 5.41 Å². The maximum Gasteiger partial charge on any atom is 0.227 e. The lowest BCUT2D eigenvalue weighted by molar-refractivity contribution is -0.117. The Hall–Kier alpha value is -1.84. The molecule has 0 radical (unpaired) electrons. The van der Waals surface area contributed by atoms with Crippen LogP contribution in [0.15, 0.2) is 24.3 Å². The molecule has 1 aromatic rings. The van der Waals surface area contributed by atoms with E-state index < -0.39 is 0 Å². The highest BCUT2D eigenvalue weighted by Crippen LogP contribution is 2.37. The number of rotatable bonds is 2. The average molecular weight is 288 g/mol. The summed E-state index contributed by atoms with van der Waals surface area (Å²) in [5.74, 6) is 0.176. The lowest BCUT2D eigenvalue weighted by Gasteiger charge is -2.35. The van der Waals surface area contributed by atoms with Gasteiger partial charge in [0.1, 0.15) is 0 Å². The summed E-state index contributed by atoms with van der Waals surface area (Å²) < 4.78 is 0. The fourth-order valence-corrected chi connectivity index (χ4v) is 2.85. The van der Waals surface area contributed by atoms with Crippen molar-refractivity contribution in [3.63, 3.8) is 0 Å². The Labute approximate surface area is 126 Å². The predicted molar refractivity (Wildman–Crippen MR) is 85.5 cm³/mol. The van der Waals surface area contributed by atoms with E-state index in [1.54, 1.807) is 11.9 Å². The molecule has 1 atom stereocenters. The van der Waals surface area contributed by atoms with Gasteiger partial charge in [-0.1, -0.05) is 20.8 Å². The summed E-state index contributed by atoms with van der Waals surface area (Å²) in [4.78, 5) is 27.1. The van der Waals surface area contributed by atoms with E-state index in [0.29, 0.717) is 6.42 Å². The molecule has 4 heteroatoms. The summed E-state index contributed by atoms with van der Waals surface area (Å²) in [5.41, 5.74) is 1.81. The Balaban J connectivity index is 2.29. The molecule has 0 aliphatic carbocycles. The molecule has 1 unspecified atom stereocenters. The van der Waals surface area contributed by atoms with Gasteiger partial charge in [0, 0.05) is 37.8 Å². The van der Waals surface area contributed by atoms with Gasteiger partial charge in [-0.25, -0.2) is 0 Å². The van der Waals surface area contributed by atoms with Crippen molar-refractivity contribution in [1.82, 2.24) is 0 Å². The van der Waals surface area contributed by atoms with Crippen molar-refractivity contribution in [3.05, 3.63) is 24.3 Å². The van der Waals surface area contributed by atoms with E-state index in [9.17, 15) is 9.59 Å². The number of hydrogen-bond acceptors (Lipinski definition) is 2. The standard InChI is InChI=1S/C17H24N2O2/c1-12(20)18(5)13-6-8-14(9-7-13)19-15(17(2,3)4)10-11-16(19)21/h6-9,15H,10-11H2,1-5H3. The topological polar surface area (TPSA) is 40.6 Å². The lowest BCUT2D eigenvalue weighted by atomic mass is 9.85. The van der Waals surface area contributed by atoms with E-state index in [-0.39, 0.29) is 23.3 Å². The Morgan fingerprint density at radius 3 is 2.29 bits per heavy atom. The normalized spacial score (nSPS) is 19.0. The lowest BCUT2D eigenvalue weighted by Crippen LogP contribution is -2.41. The number of hydrogen-bond donors (Lipinski definition) is 0. The third-order valence-electron chi connectivity index (χ3n) is 4.20. The van der Waals surface area contributed by atoms with Crippen LogP contribution in [-0.2, 0) is 9.59 Å². The summed E-state index contributed by atoms with van der Waals surface area (Å²) in [6.07, 6.45) is 1.51. The van der Waals surface area contributed by atoms with Crippen LogP contribution in [0.3, 0.4) is 0 Å². The molecule has 4 nitrogen and oxygen atoms in total. The van der Waals surface area contributed by atoms with Gasteiger partial charge in [-0.3, -0.25) is 9.59 Å². The highest BCUT2D eigenvalue weighted by atomic mass is 16.2. The van der Waals surface area contributed by atoms with E-state index in [2.05, 4.69) is 20.8 Å². The third kappa shape index (κ3) is 3.09. The summed E-state index contributed by atoms with van der Waals surface area (Å²) >= 11 is 0. The molecule has 1 saturated heterocycles. The fraction of sp³-hybridized carbons (Fsp3) is 0.529. The first kappa shape index (κ1) is 15.5. The van der Waals surface area contributed by atoms with E-state index in [0.717, 1.165) is 17.8 Å². The van der Waals surface area contributed by atoms with Crippen molar-refractivity contribution in [1.29, 1.82) is 0 Å². The SMILES string of the molecule is CC(=O)N(C)c1ccc(N2C(=O)CCC2C(C)(C)C)cc1. The van der Waals surface area contributed by atoms with Crippen LogP contribution in [0.5, 0.6) is 0 Å². The minimum Gasteiger partial charge on any atom is -0.316 e. The quantitative estimate of drug-likeness (QED) is 0.838. The smallest absolute Gasteiger partial charge is 0.227 e. The first-order valence-corrected chi connectivity index (χ1v) is 7.38. The Morgan fingerprint density at radius 2 is 1.81 bits per heavy atom.